The highest BCUT2D eigenvalue weighted by Gasteiger charge is 2.21. The van der Waals surface area contributed by atoms with Gasteiger partial charge in [0.2, 0.25) is 0 Å². The van der Waals surface area contributed by atoms with E-state index in [1.807, 2.05) is 53.9 Å². The summed E-state index contributed by atoms with van der Waals surface area (Å²) in [5, 5.41) is 0. The van der Waals surface area contributed by atoms with E-state index >= 15 is 0 Å². The third-order valence-electron chi connectivity index (χ3n) is 4.70. The lowest BCUT2D eigenvalue weighted by atomic mass is 10.0. The molecule has 0 N–H and O–H groups in total. The monoisotopic (exact) mass is 436 g/mol. The van der Waals surface area contributed by atoms with Gasteiger partial charge in [0.25, 0.3) is 0 Å². The first-order chi connectivity index (χ1) is 14.7. The molecule has 0 unspecified atom stereocenters. The Labute approximate surface area is 184 Å². The molecule has 0 aromatic heterocycles. The molecule has 0 radical (unpaired) electrons. The minimum absolute atomic E-state index is 0.0876. The SMILES string of the molecule is COc1cc(C2SCCS2)ccc1OC(=O)c1ccc(C(=O)c2ccccc2)cc1. The Kier molecular flexibility index (Phi) is 6.45. The van der Waals surface area contributed by atoms with Crippen LogP contribution in [0, 0.1) is 0 Å². The highest BCUT2D eigenvalue weighted by atomic mass is 32.2. The van der Waals surface area contributed by atoms with Crippen LogP contribution in [0.4, 0.5) is 0 Å². The molecule has 3 aromatic carbocycles. The zero-order valence-electron chi connectivity index (χ0n) is 16.4. The molecule has 30 heavy (non-hydrogen) atoms. The van der Waals surface area contributed by atoms with Gasteiger partial charge in [-0.1, -0.05) is 48.5 Å². The maximum atomic E-state index is 12.6. The topological polar surface area (TPSA) is 52.6 Å². The van der Waals surface area contributed by atoms with Gasteiger partial charge in [-0.05, 0) is 29.8 Å². The van der Waals surface area contributed by atoms with Crippen molar-refractivity contribution in [2.45, 2.75) is 4.58 Å². The van der Waals surface area contributed by atoms with Gasteiger partial charge in [-0.3, -0.25) is 4.79 Å². The molecule has 0 amide bonds. The van der Waals surface area contributed by atoms with Gasteiger partial charge < -0.3 is 9.47 Å². The van der Waals surface area contributed by atoms with Crippen LogP contribution in [-0.4, -0.2) is 30.4 Å². The maximum Gasteiger partial charge on any atom is 0.343 e. The van der Waals surface area contributed by atoms with Crippen LogP contribution in [0.15, 0.2) is 72.8 Å². The molecule has 1 saturated heterocycles. The molecule has 152 valence electrons. The number of methoxy groups -OCH3 is 1. The zero-order chi connectivity index (χ0) is 20.9. The molecule has 0 spiro atoms. The molecule has 1 aliphatic heterocycles. The molecule has 4 rings (SSSR count). The molecule has 0 bridgehead atoms. The van der Waals surface area contributed by atoms with E-state index in [1.54, 1.807) is 49.6 Å². The Morgan fingerprint density at radius 2 is 1.43 bits per heavy atom. The van der Waals surface area contributed by atoms with Gasteiger partial charge in [-0.2, -0.15) is 0 Å². The van der Waals surface area contributed by atoms with Gasteiger partial charge >= 0.3 is 5.97 Å². The molecule has 0 aliphatic carbocycles. The maximum absolute atomic E-state index is 12.6. The largest absolute Gasteiger partial charge is 0.493 e. The summed E-state index contributed by atoms with van der Waals surface area (Å²) in [5.74, 6) is 2.60. The van der Waals surface area contributed by atoms with E-state index in [4.69, 9.17) is 9.47 Å². The van der Waals surface area contributed by atoms with E-state index in [-0.39, 0.29) is 5.78 Å². The summed E-state index contributed by atoms with van der Waals surface area (Å²) >= 11 is 3.81. The summed E-state index contributed by atoms with van der Waals surface area (Å²) in [6, 6.07) is 21.2. The third kappa shape index (κ3) is 4.55. The molecule has 0 atom stereocenters. The number of hydrogen-bond donors (Lipinski definition) is 0. The number of ketones is 1. The first-order valence-corrected chi connectivity index (χ1v) is 11.6. The average molecular weight is 437 g/mol. The standard InChI is InChI=1S/C24H20O4S2/c1-27-21-15-19(24-29-13-14-30-24)11-12-20(21)28-23(26)18-9-7-17(8-10-18)22(25)16-5-3-2-4-6-16/h2-12,15,24H,13-14H2,1H3. The van der Waals surface area contributed by atoms with E-state index in [0.29, 0.717) is 32.8 Å². The van der Waals surface area contributed by atoms with Gasteiger partial charge in [0.15, 0.2) is 17.3 Å². The normalized spacial score (nSPS) is 13.8. The molecule has 6 heteroatoms. The van der Waals surface area contributed by atoms with Crippen molar-refractivity contribution in [2.24, 2.45) is 0 Å². The van der Waals surface area contributed by atoms with Crippen molar-refractivity contribution >= 4 is 35.3 Å². The lowest BCUT2D eigenvalue weighted by Crippen LogP contribution is -2.10. The first kappa shape index (κ1) is 20.6. The van der Waals surface area contributed by atoms with E-state index < -0.39 is 5.97 Å². The first-order valence-electron chi connectivity index (χ1n) is 9.49. The second-order valence-electron chi connectivity index (χ2n) is 6.65. The lowest BCUT2D eigenvalue weighted by molar-refractivity contribution is 0.0729. The quantitative estimate of drug-likeness (QED) is 0.284. The van der Waals surface area contributed by atoms with Crippen LogP contribution >= 0.6 is 23.5 Å². The molecule has 4 nitrogen and oxygen atoms in total. The van der Waals surface area contributed by atoms with Crippen molar-refractivity contribution in [3.05, 3.63) is 95.1 Å². The second kappa shape index (κ2) is 9.41. The molecule has 0 saturated carbocycles. The highest BCUT2D eigenvalue weighted by molar-refractivity contribution is 8.19. The molecular weight excluding hydrogens is 416 g/mol. The number of rotatable bonds is 6. The van der Waals surface area contributed by atoms with Crippen LogP contribution in [0.5, 0.6) is 11.5 Å². The number of hydrogen-bond acceptors (Lipinski definition) is 6. The molecule has 3 aromatic rings. The highest BCUT2D eigenvalue weighted by Crippen LogP contribution is 2.47. The summed E-state index contributed by atoms with van der Waals surface area (Å²) in [5.41, 5.74) is 2.65. The van der Waals surface area contributed by atoms with Crippen LogP contribution in [0.3, 0.4) is 0 Å². The van der Waals surface area contributed by atoms with Crippen LogP contribution in [-0.2, 0) is 0 Å². The lowest BCUT2D eigenvalue weighted by Gasteiger charge is -2.13. The predicted molar refractivity (Wildman–Crippen MR) is 122 cm³/mol. The van der Waals surface area contributed by atoms with E-state index in [1.165, 1.54) is 0 Å². The van der Waals surface area contributed by atoms with E-state index in [2.05, 4.69) is 0 Å². The van der Waals surface area contributed by atoms with Crippen LogP contribution < -0.4 is 9.47 Å². The van der Waals surface area contributed by atoms with Gasteiger partial charge in [0.1, 0.15) is 0 Å². The van der Waals surface area contributed by atoms with Gasteiger partial charge in [0, 0.05) is 22.6 Å². The number of carbonyl (C=O) groups excluding carboxylic acids is 2. The van der Waals surface area contributed by atoms with E-state index in [9.17, 15) is 9.59 Å². The Morgan fingerprint density at radius 3 is 2.10 bits per heavy atom. The van der Waals surface area contributed by atoms with Crippen LogP contribution in [0.25, 0.3) is 0 Å². The average Bonchev–Trinajstić information content (AvgIpc) is 3.34. The minimum atomic E-state index is -0.496. The van der Waals surface area contributed by atoms with Crippen molar-refractivity contribution in [1.29, 1.82) is 0 Å². The Morgan fingerprint density at radius 1 is 0.800 bits per heavy atom. The number of ether oxygens (including phenoxy) is 2. The number of esters is 1. The van der Waals surface area contributed by atoms with Crippen molar-refractivity contribution in [1.82, 2.24) is 0 Å². The Hall–Kier alpha value is -2.70. The number of carbonyl (C=O) groups is 2. The predicted octanol–water partition coefficient (Wildman–Crippen LogP) is 5.62. The smallest absolute Gasteiger partial charge is 0.343 e. The summed E-state index contributed by atoms with van der Waals surface area (Å²) < 4.78 is 11.4. The zero-order valence-corrected chi connectivity index (χ0v) is 18.0. The molecular formula is C24H20O4S2. The van der Waals surface area contributed by atoms with Gasteiger partial charge in [-0.25, -0.2) is 4.79 Å². The van der Waals surface area contributed by atoms with Crippen LogP contribution in [0.2, 0.25) is 0 Å². The van der Waals surface area contributed by atoms with Crippen LogP contribution in [0.1, 0.15) is 36.4 Å². The fourth-order valence-corrected chi connectivity index (χ4v) is 5.98. The summed E-state index contributed by atoms with van der Waals surface area (Å²) in [6.07, 6.45) is 0. The Balaban J connectivity index is 1.48. The second-order valence-corrected chi connectivity index (χ2v) is 9.37. The van der Waals surface area contributed by atoms with Crippen molar-refractivity contribution in [2.75, 3.05) is 18.6 Å². The third-order valence-corrected chi connectivity index (χ3v) is 7.81. The van der Waals surface area contributed by atoms with Crippen molar-refractivity contribution in [3.63, 3.8) is 0 Å². The molecule has 1 aliphatic rings. The minimum Gasteiger partial charge on any atom is -0.493 e. The van der Waals surface area contributed by atoms with Crippen molar-refractivity contribution < 1.29 is 19.1 Å². The Bertz CT molecular complexity index is 1040. The summed E-state index contributed by atoms with van der Waals surface area (Å²) in [4.78, 5) is 25.1. The molecule has 1 fully saturated rings. The summed E-state index contributed by atoms with van der Waals surface area (Å²) in [6.45, 7) is 0. The van der Waals surface area contributed by atoms with E-state index in [0.717, 1.165) is 17.1 Å². The summed E-state index contributed by atoms with van der Waals surface area (Å²) in [7, 11) is 1.56. The molecule has 1 heterocycles. The van der Waals surface area contributed by atoms with Crippen molar-refractivity contribution in [3.8, 4) is 11.5 Å². The fraction of sp³-hybridized carbons (Fsp3) is 0.167. The number of benzene rings is 3. The van der Waals surface area contributed by atoms with Gasteiger partial charge in [0.05, 0.1) is 17.3 Å². The van der Waals surface area contributed by atoms with Gasteiger partial charge in [-0.15, -0.1) is 23.5 Å². The fourth-order valence-electron chi connectivity index (χ4n) is 3.14. The number of thioether (sulfide) groups is 2.